The number of hydrogen-bond acceptors (Lipinski definition) is 4. The molecule has 0 amide bonds. The van der Waals surface area contributed by atoms with E-state index in [1.807, 2.05) is 0 Å². The van der Waals surface area contributed by atoms with Crippen LogP contribution in [0.2, 0.25) is 0 Å². The normalized spacial score (nSPS) is 17.1. The molecular formula is C12H17NO3. The number of phenols is 2. The van der Waals surface area contributed by atoms with Crippen molar-refractivity contribution in [2.75, 3.05) is 7.11 Å². The second-order valence-corrected chi connectivity index (χ2v) is 4.53. The maximum absolute atomic E-state index is 9.50. The van der Waals surface area contributed by atoms with E-state index in [1.165, 1.54) is 7.11 Å². The summed E-state index contributed by atoms with van der Waals surface area (Å²) in [4.78, 5) is 0. The van der Waals surface area contributed by atoms with Gasteiger partial charge in [-0.2, -0.15) is 0 Å². The number of ether oxygens (including phenoxy) is 1. The van der Waals surface area contributed by atoms with Gasteiger partial charge in [0.1, 0.15) is 0 Å². The molecule has 1 aromatic rings. The molecule has 1 saturated carbocycles. The molecule has 0 heterocycles. The highest BCUT2D eigenvalue weighted by Crippen LogP contribution is 2.39. The third kappa shape index (κ3) is 2.22. The molecule has 4 nitrogen and oxygen atoms in total. The number of benzene rings is 1. The topological polar surface area (TPSA) is 75.7 Å². The Hall–Kier alpha value is -1.42. The molecular weight excluding hydrogens is 206 g/mol. The Kier molecular flexibility index (Phi) is 2.68. The minimum Gasteiger partial charge on any atom is -0.504 e. The third-order valence-corrected chi connectivity index (χ3v) is 3.14. The summed E-state index contributed by atoms with van der Waals surface area (Å²) in [5.74, 6) is -0.0479. The molecule has 1 aromatic carbocycles. The van der Waals surface area contributed by atoms with Crippen LogP contribution < -0.4 is 10.5 Å². The molecule has 0 bridgehead atoms. The van der Waals surface area contributed by atoms with Crippen molar-refractivity contribution in [3.8, 4) is 17.2 Å². The van der Waals surface area contributed by atoms with Crippen LogP contribution in [0.3, 0.4) is 0 Å². The van der Waals surface area contributed by atoms with E-state index in [-0.39, 0.29) is 17.0 Å². The number of aromatic hydroxyl groups is 2. The summed E-state index contributed by atoms with van der Waals surface area (Å²) in [7, 11) is 1.46. The minimum absolute atomic E-state index is 0.000734. The SMILES string of the molecule is COc1cc(CCC2(N)CC2)cc(O)c1O. The average molecular weight is 223 g/mol. The summed E-state index contributed by atoms with van der Waals surface area (Å²) in [5, 5.41) is 19.0. The molecule has 4 N–H and O–H groups in total. The van der Waals surface area contributed by atoms with Crippen molar-refractivity contribution in [1.29, 1.82) is 0 Å². The fourth-order valence-electron chi connectivity index (χ4n) is 1.75. The van der Waals surface area contributed by atoms with Crippen LogP contribution in [0.25, 0.3) is 0 Å². The van der Waals surface area contributed by atoms with Gasteiger partial charge in [-0.3, -0.25) is 0 Å². The molecule has 16 heavy (non-hydrogen) atoms. The van der Waals surface area contributed by atoms with E-state index in [2.05, 4.69) is 0 Å². The zero-order valence-electron chi connectivity index (χ0n) is 9.36. The van der Waals surface area contributed by atoms with Crippen molar-refractivity contribution < 1.29 is 14.9 Å². The fourth-order valence-corrected chi connectivity index (χ4v) is 1.75. The summed E-state index contributed by atoms with van der Waals surface area (Å²) in [6, 6.07) is 3.30. The monoisotopic (exact) mass is 223 g/mol. The lowest BCUT2D eigenvalue weighted by Crippen LogP contribution is -2.22. The zero-order valence-corrected chi connectivity index (χ0v) is 9.36. The number of phenolic OH excluding ortho intramolecular Hbond substituents is 2. The second kappa shape index (κ2) is 3.87. The Bertz CT molecular complexity index is 399. The molecule has 0 aromatic heterocycles. The summed E-state index contributed by atoms with van der Waals surface area (Å²) in [6.07, 6.45) is 3.85. The molecule has 1 aliphatic carbocycles. The van der Waals surface area contributed by atoms with Gasteiger partial charge in [0.15, 0.2) is 11.5 Å². The molecule has 0 radical (unpaired) electrons. The van der Waals surface area contributed by atoms with Crippen LogP contribution in [-0.2, 0) is 6.42 Å². The molecule has 88 valence electrons. The van der Waals surface area contributed by atoms with E-state index in [0.717, 1.165) is 31.2 Å². The lowest BCUT2D eigenvalue weighted by molar-refractivity contribution is 0.350. The number of nitrogens with two attached hydrogens (primary N) is 1. The van der Waals surface area contributed by atoms with Gasteiger partial charge in [-0.05, 0) is 43.4 Å². The Morgan fingerprint density at radius 3 is 2.62 bits per heavy atom. The molecule has 0 aliphatic heterocycles. The van der Waals surface area contributed by atoms with Crippen LogP contribution in [0, 0.1) is 0 Å². The van der Waals surface area contributed by atoms with Gasteiger partial charge in [0, 0.05) is 5.54 Å². The molecule has 2 rings (SSSR count). The van der Waals surface area contributed by atoms with Gasteiger partial charge in [-0.15, -0.1) is 0 Å². The van der Waals surface area contributed by atoms with Gasteiger partial charge in [0.2, 0.25) is 5.75 Å². The van der Waals surface area contributed by atoms with E-state index in [9.17, 15) is 10.2 Å². The first-order chi connectivity index (χ1) is 7.54. The van der Waals surface area contributed by atoms with Crippen LogP contribution >= 0.6 is 0 Å². The standard InChI is InChI=1S/C12H17NO3/c1-16-10-7-8(6-9(14)11(10)15)2-3-12(13)4-5-12/h6-7,14-15H,2-5,13H2,1H3. The van der Waals surface area contributed by atoms with Crippen molar-refractivity contribution in [3.63, 3.8) is 0 Å². The van der Waals surface area contributed by atoms with Gasteiger partial charge in [0.25, 0.3) is 0 Å². The highest BCUT2D eigenvalue weighted by Gasteiger charge is 2.37. The number of methoxy groups -OCH3 is 1. The first-order valence-corrected chi connectivity index (χ1v) is 5.42. The first-order valence-electron chi connectivity index (χ1n) is 5.42. The van der Waals surface area contributed by atoms with E-state index in [4.69, 9.17) is 10.5 Å². The molecule has 0 atom stereocenters. The zero-order chi connectivity index (χ0) is 11.8. The van der Waals surface area contributed by atoms with Gasteiger partial charge >= 0.3 is 0 Å². The van der Waals surface area contributed by atoms with E-state index in [1.54, 1.807) is 12.1 Å². The lowest BCUT2D eigenvalue weighted by atomic mass is 10.0. The predicted octanol–water partition coefficient (Wildman–Crippen LogP) is 1.53. The van der Waals surface area contributed by atoms with E-state index >= 15 is 0 Å². The van der Waals surface area contributed by atoms with Gasteiger partial charge in [-0.25, -0.2) is 0 Å². The number of aryl methyl sites for hydroxylation is 1. The van der Waals surface area contributed by atoms with Crippen molar-refractivity contribution >= 4 is 0 Å². The predicted molar refractivity (Wildman–Crippen MR) is 60.8 cm³/mol. The molecule has 0 saturated heterocycles. The summed E-state index contributed by atoms with van der Waals surface area (Å²) < 4.78 is 4.97. The Morgan fingerprint density at radius 2 is 2.06 bits per heavy atom. The van der Waals surface area contributed by atoms with Crippen molar-refractivity contribution in [3.05, 3.63) is 17.7 Å². The quantitative estimate of drug-likeness (QED) is 0.677. The number of hydrogen-bond donors (Lipinski definition) is 3. The smallest absolute Gasteiger partial charge is 0.200 e. The first kappa shape index (κ1) is 11.1. The lowest BCUT2D eigenvalue weighted by Gasteiger charge is -2.11. The summed E-state index contributed by atoms with van der Waals surface area (Å²) in [6.45, 7) is 0. The van der Waals surface area contributed by atoms with Crippen LogP contribution in [-0.4, -0.2) is 22.9 Å². The van der Waals surface area contributed by atoms with Crippen LogP contribution in [0.4, 0.5) is 0 Å². The van der Waals surface area contributed by atoms with Crippen LogP contribution in [0.15, 0.2) is 12.1 Å². The third-order valence-electron chi connectivity index (χ3n) is 3.14. The van der Waals surface area contributed by atoms with Crippen LogP contribution in [0.1, 0.15) is 24.8 Å². The van der Waals surface area contributed by atoms with Gasteiger partial charge < -0.3 is 20.7 Å². The van der Waals surface area contributed by atoms with Crippen molar-refractivity contribution in [1.82, 2.24) is 0 Å². The largest absolute Gasteiger partial charge is 0.504 e. The number of rotatable bonds is 4. The van der Waals surface area contributed by atoms with Gasteiger partial charge in [-0.1, -0.05) is 0 Å². The van der Waals surface area contributed by atoms with E-state index < -0.39 is 0 Å². The van der Waals surface area contributed by atoms with Gasteiger partial charge in [0.05, 0.1) is 7.11 Å². The Morgan fingerprint density at radius 1 is 1.38 bits per heavy atom. The highest BCUT2D eigenvalue weighted by molar-refractivity contribution is 5.51. The van der Waals surface area contributed by atoms with E-state index in [0.29, 0.717) is 5.75 Å². The maximum atomic E-state index is 9.50. The Labute approximate surface area is 94.7 Å². The van der Waals surface area contributed by atoms with Crippen LogP contribution in [0.5, 0.6) is 17.2 Å². The molecule has 4 heteroatoms. The molecule has 1 fully saturated rings. The van der Waals surface area contributed by atoms with Crippen molar-refractivity contribution in [2.24, 2.45) is 5.73 Å². The second-order valence-electron chi connectivity index (χ2n) is 4.53. The Balaban J connectivity index is 2.11. The summed E-state index contributed by atoms with van der Waals surface area (Å²) in [5.41, 5.74) is 6.92. The van der Waals surface area contributed by atoms with Crippen molar-refractivity contribution in [2.45, 2.75) is 31.2 Å². The average Bonchev–Trinajstić information content (AvgIpc) is 2.99. The summed E-state index contributed by atoms with van der Waals surface area (Å²) >= 11 is 0. The highest BCUT2D eigenvalue weighted by atomic mass is 16.5. The minimum atomic E-state index is -0.208. The molecule has 1 aliphatic rings. The fraction of sp³-hybridized carbons (Fsp3) is 0.500. The molecule has 0 spiro atoms. The molecule has 0 unspecified atom stereocenters. The maximum Gasteiger partial charge on any atom is 0.200 e.